The second-order valence-electron chi connectivity index (χ2n) is 11.3. The maximum Gasteiger partial charge on any atom is 0.193 e. The number of ketones is 4. The number of rotatable bonds is 5. The summed E-state index contributed by atoms with van der Waals surface area (Å²) in [6.45, 7) is 12.8. The fraction of sp³-hybridized carbons (Fsp3) is 0.250. The lowest BCUT2D eigenvalue weighted by Gasteiger charge is -2.20. The zero-order valence-corrected chi connectivity index (χ0v) is 24.0. The Labute approximate surface area is 232 Å². The Bertz CT molecular complexity index is 1340. The van der Waals surface area contributed by atoms with Crippen LogP contribution in [0.4, 0.5) is 0 Å². The van der Waals surface area contributed by atoms with Crippen LogP contribution in [0.3, 0.4) is 0 Å². The van der Waals surface area contributed by atoms with Crippen molar-refractivity contribution in [1.29, 1.82) is 0 Å². The molecule has 2 aliphatic rings. The molecule has 2 aromatic rings. The lowest BCUT2D eigenvalue weighted by molar-refractivity contribution is -0.116. The van der Waals surface area contributed by atoms with Crippen LogP contribution in [0.1, 0.15) is 52.7 Å². The fourth-order valence-corrected chi connectivity index (χ4v) is 5.67. The molecular formula is C32H30O4S2. The molecular weight excluding hydrogens is 512 g/mol. The molecule has 0 N–H and O–H groups in total. The van der Waals surface area contributed by atoms with Crippen LogP contribution < -0.4 is 0 Å². The van der Waals surface area contributed by atoms with Crippen molar-refractivity contribution in [3.8, 4) is 0 Å². The molecule has 0 radical (unpaired) electrons. The second-order valence-corrected chi connectivity index (χ2v) is 13.6. The number of allylic oxidation sites excluding steroid dienone is 8. The summed E-state index contributed by atoms with van der Waals surface area (Å²) in [7, 11) is 0. The van der Waals surface area contributed by atoms with Gasteiger partial charge in [-0.15, -0.1) is 0 Å². The Morgan fingerprint density at radius 2 is 0.763 bits per heavy atom. The average Bonchev–Trinajstić information content (AvgIpc) is 2.83. The van der Waals surface area contributed by atoms with Crippen molar-refractivity contribution in [2.45, 2.75) is 62.2 Å². The SMILES string of the molecule is CC(C)(C)c1ccc(SC2=CC(=O)C(C3=CC(=O)C(Sc4ccc(C(C)(C)C)cc4)=CC3=O)=CC2=O)cc1. The summed E-state index contributed by atoms with van der Waals surface area (Å²) in [6.07, 6.45) is 4.84. The molecule has 38 heavy (non-hydrogen) atoms. The van der Waals surface area contributed by atoms with E-state index in [1.165, 1.54) is 59.0 Å². The van der Waals surface area contributed by atoms with Crippen LogP contribution in [0.15, 0.2) is 104 Å². The molecule has 4 rings (SSSR count). The molecule has 0 spiro atoms. The lowest BCUT2D eigenvalue weighted by Crippen LogP contribution is -2.20. The molecule has 0 fully saturated rings. The largest absolute Gasteiger partial charge is 0.289 e. The van der Waals surface area contributed by atoms with Crippen LogP contribution in [-0.2, 0) is 30.0 Å². The van der Waals surface area contributed by atoms with E-state index < -0.39 is 11.6 Å². The molecule has 2 aliphatic carbocycles. The predicted octanol–water partition coefficient (Wildman–Crippen LogP) is 7.09. The summed E-state index contributed by atoms with van der Waals surface area (Å²) < 4.78 is 0. The molecule has 0 amide bonds. The number of carbonyl (C=O) groups is 4. The van der Waals surface area contributed by atoms with Gasteiger partial charge in [0, 0.05) is 33.1 Å². The minimum Gasteiger partial charge on any atom is -0.289 e. The van der Waals surface area contributed by atoms with Crippen molar-refractivity contribution in [1.82, 2.24) is 0 Å². The van der Waals surface area contributed by atoms with Crippen LogP contribution in [-0.4, -0.2) is 23.1 Å². The Morgan fingerprint density at radius 1 is 0.447 bits per heavy atom. The highest BCUT2D eigenvalue weighted by atomic mass is 32.2. The van der Waals surface area contributed by atoms with E-state index in [0.717, 1.165) is 9.79 Å². The average molecular weight is 543 g/mol. The van der Waals surface area contributed by atoms with Crippen LogP contribution in [0.5, 0.6) is 0 Å². The molecule has 0 saturated heterocycles. The van der Waals surface area contributed by atoms with Gasteiger partial charge in [0.05, 0.1) is 9.81 Å². The highest BCUT2D eigenvalue weighted by molar-refractivity contribution is 8.04. The molecule has 0 unspecified atom stereocenters. The van der Waals surface area contributed by atoms with Gasteiger partial charge in [-0.2, -0.15) is 0 Å². The molecule has 2 aromatic carbocycles. The molecule has 194 valence electrons. The zero-order valence-electron chi connectivity index (χ0n) is 22.4. The van der Waals surface area contributed by atoms with E-state index in [4.69, 9.17) is 0 Å². The van der Waals surface area contributed by atoms with Crippen molar-refractivity contribution in [3.05, 3.63) is 105 Å². The van der Waals surface area contributed by atoms with Crippen LogP contribution in [0.25, 0.3) is 0 Å². The highest BCUT2D eigenvalue weighted by Gasteiger charge is 2.30. The third kappa shape index (κ3) is 6.25. The third-order valence-electron chi connectivity index (χ3n) is 6.28. The molecule has 6 heteroatoms. The highest BCUT2D eigenvalue weighted by Crippen LogP contribution is 2.36. The quantitative estimate of drug-likeness (QED) is 0.376. The number of hydrogen-bond acceptors (Lipinski definition) is 6. The van der Waals surface area contributed by atoms with Gasteiger partial charge in [-0.3, -0.25) is 19.2 Å². The van der Waals surface area contributed by atoms with Crippen molar-refractivity contribution in [3.63, 3.8) is 0 Å². The minimum atomic E-state index is -0.465. The molecule has 0 aliphatic heterocycles. The van der Waals surface area contributed by atoms with E-state index in [1.54, 1.807) is 0 Å². The summed E-state index contributed by atoms with van der Waals surface area (Å²) in [6, 6.07) is 15.7. The van der Waals surface area contributed by atoms with E-state index >= 15 is 0 Å². The molecule has 4 nitrogen and oxygen atoms in total. The van der Waals surface area contributed by atoms with Crippen LogP contribution in [0.2, 0.25) is 0 Å². The first-order valence-electron chi connectivity index (χ1n) is 12.3. The first kappa shape index (κ1) is 27.8. The van der Waals surface area contributed by atoms with E-state index in [-0.39, 0.29) is 43.4 Å². The standard InChI is InChI=1S/C32H30O4S2/c1-31(2,3)19-7-11-21(12-8-19)37-29-17-25(33)23(15-27(29)35)24-16-28(36)30(18-26(24)34)38-22-13-9-20(10-14-22)32(4,5)6/h7-18H,1-6H3. The summed E-state index contributed by atoms with van der Waals surface area (Å²) in [4.78, 5) is 53.8. The van der Waals surface area contributed by atoms with Crippen molar-refractivity contribution in [2.24, 2.45) is 0 Å². The fourth-order valence-electron chi connectivity index (χ4n) is 3.96. The van der Waals surface area contributed by atoms with Gasteiger partial charge < -0.3 is 0 Å². The van der Waals surface area contributed by atoms with E-state index in [0.29, 0.717) is 0 Å². The van der Waals surface area contributed by atoms with E-state index in [2.05, 4.69) is 41.5 Å². The van der Waals surface area contributed by atoms with Gasteiger partial charge in [0.25, 0.3) is 0 Å². The molecule has 0 heterocycles. The minimum absolute atomic E-state index is 0.0120. The Balaban J connectivity index is 1.47. The van der Waals surface area contributed by atoms with Gasteiger partial charge in [-0.05, 0) is 58.4 Å². The van der Waals surface area contributed by atoms with Crippen molar-refractivity contribution < 1.29 is 19.2 Å². The third-order valence-corrected chi connectivity index (χ3v) is 8.37. The van der Waals surface area contributed by atoms with Crippen LogP contribution in [0, 0.1) is 0 Å². The summed E-state index contributed by atoms with van der Waals surface area (Å²) in [5.41, 5.74) is 2.27. The number of benzene rings is 2. The summed E-state index contributed by atoms with van der Waals surface area (Å²) >= 11 is 2.42. The second kappa shape index (κ2) is 10.5. The Hall–Kier alpha value is -3.22. The zero-order chi connectivity index (χ0) is 27.8. The van der Waals surface area contributed by atoms with Crippen molar-refractivity contribution >= 4 is 46.7 Å². The lowest BCUT2D eigenvalue weighted by atomic mass is 9.87. The molecule has 0 aromatic heterocycles. The predicted molar refractivity (Wildman–Crippen MR) is 154 cm³/mol. The Morgan fingerprint density at radius 3 is 1.05 bits per heavy atom. The van der Waals surface area contributed by atoms with Gasteiger partial charge >= 0.3 is 0 Å². The molecule has 0 atom stereocenters. The number of thioether (sulfide) groups is 2. The van der Waals surface area contributed by atoms with Gasteiger partial charge in [0.15, 0.2) is 23.1 Å². The monoisotopic (exact) mass is 542 g/mol. The molecule has 0 saturated carbocycles. The smallest absolute Gasteiger partial charge is 0.193 e. The van der Waals surface area contributed by atoms with Crippen LogP contribution >= 0.6 is 23.5 Å². The van der Waals surface area contributed by atoms with Gasteiger partial charge in [0.1, 0.15) is 0 Å². The number of hydrogen-bond donors (Lipinski definition) is 0. The van der Waals surface area contributed by atoms with E-state index in [9.17, 15) is 19.2 Å². The van der Waals surface area contributed by atoms with Gasteiger partial charge in [-0.25, -0.2) is 0 Å². The maximum absolute atomic E-state index is 12.9. The summed E-state index contributed by atoms with van der Waals surface area (Å²) in [5, 5.41) is 0. The van der Waals surface area contributed by atoms with Crippen molar-refractivity contribution in [2.75, 3.05) is 0 Å². The first-order valence-corrected chi connectivity index (χ1v) is 14.0. The van der Waals surface area contributed by atoms with E-state index in [1.807, 2.05) is 48.5 Å². The number of carbonyl (C=O) groups excluding carboxylic acids is 4. The van der Waals surface area contributed by atoms with Gasteiger partial charge in [0.2, 0.25) is 0 Å². The first-order chi connectivity index (χ1) is 17.7. The Kier molecular flexibility index (Phi) is 7.69. The summed E-state index contributed by atoms with van der Waals surface area (Å²) in [5.74, 6) is -1.66. The van der Waals surface area contributed by atoms with Gasteiger partial charge in [-0.1, -0.05) is 89.3 Å². The normalized spacial score (nSPS) is 16.7. The topological polar surface area (TPSA) is 68.3 Å². The molecule has 0 bridgehead atoms. The maximum atomic E-state index is 12.9.